The molecule has 0 aliphatic heterocycles. The summed E-state index contributed by atoms with van der Waals surface area (Å²) in [5.74, 6) is 0. The lowest BCUT2D eigenvalue weighted by molar-refractivity contribution is 0.0777. The number of hydrogen-bond acceptors (Lipinski definition) is 1. The van der Waals surface area contributed by atoms with Gasteiger partial charge in [-0.1, -0.05) is 107 Å². The maximum atomic E-state index is 15.0. The van der Waals surface area contributed by atoms with Gasteiger partial charge in [-0.05, 0) is 81.3 Å². The van der Waals surface area contributed by atoms with Crippen LogP contribution in [0.4, 0.5) is 8.78 Å². The van der Waals surface area contributed by atoms with Crippen molar-refractivity contribution in [3.8, 4) is 0 Å². The Morgan fingerprint density at radius 1 is 0.763 bits per heavy atom. The van der Waals surface area contributed by atoms with Gasteiger partial charge in [-0.15, -0.1) is 0 Å². The van der Waals surface area contributed by atoms with E-state index in [-0.39, 0.29) is 7.85 Å². The predicted molar refractivity (Wildman–Crippen MR) is 163 cm³/mol. The molecule has 3 aromatic rings. The predicted octanol–water partition coefficient (Wildman–Crippen LogP) is 10.0. The number of alkyl halides is 2. The zero-order valence-corrected chi connectivity index (χ0v) is 25.5. The highest BCUT2D eigenvalue weighted by atomic mass is 19.2. The standard InChI is InChI=1S/C31H38F2O.2C2H6.H2/c1-21-15-25(20-31(7,33)23(3)32)17-27(16-21)30(6,19-24-11-9-8-10-12-24)26-14-13-22(2)28(18-26)29(4,5)34;2*1-2;/h8-18,23,34H,19-20H2,1-7H3;2*1-2H3;1H. The van der Waals surface area contributed by atoms with Crippen LogP contribution in [0.25, 0.3) is 0 Å². The summed E-state index contributed by atoms with van der Waals surface area (Å²) in [6, 6.07) is 22.7. The van der Waals surface area contributed by atoms with Crippen molar-refractivity contribution in [3.63, 3.8) is 0 Å². The van der Waals surface area contributed by atoms with Crippen molar-refractivity contribution in [2.24, 2.45) is 0 Å². The van der Waals surface area contributed by atoms with Crippen LogP contribution in [-0.4, -0.2) is 16.9 Å². The third-order valence-corrected chi connectivity index (χ3v) is 7.09. The smallest absolute Gasteiger partial charge is 0.142 e. The Morgan fingerprint density at radius 2 is 1.34 bits per heavy atom. The summed E-state index contributed by atoms with van der Waals surface area (Å²) in [6.45, 7) is 20.4. The summed E-state index contributed by atoms with van der Waals surface area (Å²) in [7, 11) is 0. The number of aliphatic hydroxyl groups is 1. The van der Waals surface area contributed by atoms with Crippen LogP contribution in [0.3, 0.4) is 0 Å². The first-order valence-electron chi connectivity index (χ1n) is 14.0. The van der Waals surface area contributed by atoms with E-state index in [9.17, 15) is 13.9 Å². The van der Waals surface area contributed by atoms with Gasteiger partial charge in [0, 0.05) is 13.3 Å². The minimum Gasteiger partial charge on any atom is -0.386 e. The third kappa shape index (κ3) is 8.50. The van der Waals surface area contributed by atoms with Gasteiger partial charge in [-0.25, -0.2) is 8.78 Å². The van der Waals surface area contributed by atoms with Crippen molar-refractivity contribution in [1.82, 2.24) is 0 Å². The van der Waals surface area contributed by atoms with Gasteiger partial charge < -0.3 is 5.11 Å². The topological polar surface area (TPSA) is 20.2 Å². The number of halogens is 2. The average Bonchev–Trinajstić information content (AvgIpc) is 2.86. The Bertz CT molecular complexity index is 1130. The molecular formula is C35H52F2O. The van der Waals surface area contributed by atoms with Crippen LogP contribution in [0.5, 0.6) is 0 Å². The van der Waals surface area contributed by atoms with E-state index >= 15 is 0 Å². The van der Waals surface area contributed by atoms with Crippen LogP contribution >= 0.6 is 0 Å². The van der Waals surface area contributed by atoms with E-state index in [2.05, 4.69) is 43.3 Å². The third-order valence-electron chi connectivity index (χ3n) is 7.09. The summed E-state index contributed by atoms with van der Waals surface area (Å²) >= 11 is 0. The Kier molecular flexibility index (Phi) is 12.4. The van der Waals surface area contributed by atoms with Crippen LogP contribution in [0.15, 0.2) is 66.7 Å². The zero-order chi connectivity index (χ0) is 29.3. The molecule has 0 saturated heterocycles. The molecule has 0 aromatic heterocycles. The first-order valence-corrected chi connectivity index (χ1v) is 14.0. The molecule has 0 aliphatic carbocycles. The van der Waals surface area contributed by atoms with E-state index in [4.69, 9.17) is 0 Å². The van der Waals surface area contributed by atoms with E-state index in [0.29, 0.717) is 0 Å². The van der Waals surface area contributed by atoms with Crippen molar-refractivity contribution in [2.75, 3.05) is 0 Å². The second-order valence-corrected chi connectivity index (χ2v) is 10.9. The molecule has 0 spiro atoms. The van der Waals surface area contributed by atoms with Gasteiger partial charge in [-0.3, -0.25) is 0 Å². The van der Waals surface area contributed by atoms with Crippen LogP contribution < -0.4 is 0 Å². The molecule has 38 heavy (non-hydrogen) atoms. The van der Waals surface area contributed by atoms with Crippen LogP contribution in [0.1, 0.15) is 103 Å². The SMILES string of the molecule is CC.CC.Cc1cc(CC(C)(F)C(C)F)cc(C(C)(Cc2ccccc2)c2ccc(C)c(C(C)(C)O)c2)c1.[HH]. The van der Waals surface area contributed by atoms with E-state index in [1.165, 1.54) is 19.4 Å². The van der Waals surface area contributed by atoms with E-state index in [1.54, 1.807) is 13.8 Å². The lowest BCUT2D eigenvalue weighted by Gasteiger charge is -2.34. The van der Waals surface area contributed by atoms with Gasteiger partial charge in [-0.2, -0.15) is 0 Å². The minimum atomic E-state index is -1.93. The zero-order valence-electron chi connectivity index (χ0n) is 25.5. The van der Waals surface area contributed by atoms with Crippen molar-refractivity contribution in [2.45, 2.75) is 112 Å². The summed E-state index contributed by atoms with van der Waals surface area (Å²) in [5.41, 5.74) is 3.71. The quantitative estimate of drug-likeness (QED) is 0.310. The fourth-order valence-corrected chi connectivity index (χ4v) is 4.82. The van der Waals surface area contributed by atoms with Crippen molar-refractivity contribution < 1.29 is 15.3 Å². The maximum absolute atomic E-state index is 15.0. The molecule has 0 bridgehead atoms. The molecule has 1 N–H and O–H groups in total. The number of hydrogen-bond donors (Lipinski definition) is 1. The largest absolute Gasteiger partial charge is 0.386 e. The van der Waals surface area contributed by atoms with E-state index in [0.717, 1.165) is 39.8 Å². The first-order chi connectivity index (χ1) is 17.7. The monoisotopic (exact) mass is 526 g/mol. The van der Waals surface area contributed by atoms with E-state index < -0.39 is 22.9 Å². The Hall–Kier alpha value is -2.52. The summed E-state index contributed by atoms with van der Waals surface area (Å²) in [5, 5.41) is 10.8. The second kappa shape index (κ2) is 14.0. The summed E-state index contributed by atoms with van der Waals surface area (Å²) in [4.78, 5) is 0. The highest BCUT2D eigenvalue weighted by Crippen LogP contribution is 2.39. The highest BCUT2D eigenvalue weighted by molar-refractivity contribution is 5.47. The summed E-state index contributed by atoms with van der Waals surface area (Å²) < 4.78 is 28.9. The molecule has 3 heteroatoms. The molecule has 3 aromatic carbocycles. The van der Waals surface area contributed by atoms with E-state index in [1.807, 2.05) is 71.9 Å². The molecule has 3 unspecified atom stereocenters. The molecule has 0 amide bonds. The van der Waals surface area contributed by atoms with Crippen molar-refractivity contribution >= 4 is 0 Å². The van der Waals surface area contributed by atoms with Gasteiger partial charge in [0.2, 0.25) is 0 Å². The Labute approximate surface area is 232 Å². The molecule has 0 saturated carbocycles. The lowest BCUT2D eigenvalue weighted by atomic mass is 9.70. The Morgan fingerprint density at radius 3 is 1.87 bits per heavy atom. The highest BCUT2D eigenvalue weighted by Gasteiger charge is 2.34. The van der Waals surface area contributed by atoms with Crippen molar-refractivity contribution in [1.29, 1.82) is 0 Å². The Balaban J connectivity index is 0.00000276. The fraction of sp³-hybridized carbons (Fsp3) is 0.486. The molecule has 0 fully saturated rings. The molecule has 0 aliphatic rings. The van der Waals surface area contributed by atoms with Crippen molar-refractivity contribution in [3.05, 3.63) is 106 Å². The molecule has 3 atom stereocenters. The number of aryl methyl sites for hydroxylation is 2. The molecular weight excluding hydrogens is 474 g/mol. The van der Waals surface area contributed by atoms with Gasteiger partial charge in [0.1, 0.15) is 11.8 Å². The van der Waals surface area contributed by atoms with Gasteiger partial charge in [0.05, 0.1) is 5.60 Å². The van der Waals surface area contributed by atoms with Crippen LogP contribution in [0, 0.1) is 13.8 Å². The lowest BCUT2D eigenvalue weighted by Crippen LogP contribution is -2.32. The first kappa shape index (κ1) is 33.5. The molecule has 3 rings (SSSR count). The van der Waals surface area contributed by atoms with Crippen LogP contribution in [-0.2, 0) is 23.9 Å². The molecule has 212 valence electrons. The van der Waals surface area contributed by atoms with Crippen LogP contribution in [0.2, 0.25) is 0 Å². The normalized spacial score (nSPS) is 15.1. The molecule has 0 radical (unpaired) electrons. The average molecular weight is 527 g/mol. The van der Waals surface area contributed by atoms with Gasteiger partial charge in [0.25, 0.3) is 0 Å². The maximum Gasteiger partial charge on any atom is 0.142 e. The van der Waals surface area contributed by atoms with Gasteiger partial charge >= 0.3 is 0 Å². The second-order valence-electron chi connectivity index (χ2n) is 10.9. The van der Waals surface area contributed by atoms with Gasteiger partial charge in [0.15, 0.2) is 0 Å². The minimum absolute atomic E-state index is 0. The number of benzene rings is 3. The molecule has 1 nitrogen and oxygen atoms in total. The summed E-state index contributed by atoms with van der Waals surface area (Å²) in [6.07, 6.45) is -0.806. The number of rotatable bonds is 8. The fourth-order valence-electron chi connectivity index (χ4n) is 4.82. The molecule has 0 heterocycles.